The van der Waals surface area contributed by atoms with E-state index in [1.54, 1.807) is 45.0 Å². The maximum Gasteiger partial charge on any atom is 0.333 e. The molecule has 36 nitrogen and oxygen atoms in total. The van der Waals surface area contributed by atoms with E-state index in [-0.39, 0.29) is 110 Å². The molecule has 1 aromatic rings. The summed E-state index contributed by atoms with van der Waals surface area (Å²) in [4.78, 5) is 103. The molecule has 4 aliphatic rings. The van der Waals surface area contributed by atoms with Crippen molar-refractivity contribution in [3.05, 3.63) is 35.4 Å². The smallest absolute Gasteiger partial charge is 0.333 e. The van der Waals surface area contributed by atoms with Gasteiger partial charge in [0.1, 0.15) is 73.1 Å². The molecule has 0 aromatic heterocycles. The molecule has 17 N–H and O–H groups in total. The number of benzene rings is 1. The Balaban J connectivity index is 1.25. The van der Waals surface area contributed by atoms with Crippen LogP contribution in [0.15, 0.2) is 24.3 Å². The van der Waals surface area contributed by atoms with Crippen LogP contribution in [0.3, 0.4) is 0 Å². The molecule has 3 heterocycles. The van der Waals surface area contributed by atoms with Gasteiger partial charge in [0.2, 0.25) is 35.4 Å². The van der Waals surface area contributed by atoms with Gasteiger partial charge in [-0.25, -0.2) is 0 Å². The second-order valence-electron chi connectivity index (χ2n) is 25.5. The second kappa shape index (κ2) is 42.6. The molecule has 17 unspecified atom stereocenters. The average Bonchev–Trinajstić information content (AvgIpc) is 0.831. The number of nitrogens with one attached hydrogen (secondary N) is 7. The topological polar surface area (TPSA) is 519 Å². The zero-order valence-corrected chi connectivity index (χ0v) is 57.8. The predicted octanol–water partition coefficient (Wildman–Crippen LogP) is -6.60. The molecule has 99 heavy (non-hydrogen) atoms. The van der Waals surface area contributed by atoms with Gasteiger partial charge in [0, 0.05) is 52.9 Å². The van der Waals surface area contributed by atoms with Crippen LogP contribution in [0, 0.1) is 5.92 Å². The van der Waals surface area contributed by atoms with Gasteiger partial charge in [-0.2, -0.15) is 0 Å². The maximum atomic E-state index is 14.6. The third-order valence-corrected chi connectivity index (χ3v) is 19.0. The third-order valence-electron chi connectivity index (χ3n) is 16.7. The molecule has 566 valence electrons. The fourth-order valence-corrected chi connectivity index (χ4v) is 12.1. The van der Waals surface area contributed by atoms with Crippen molar-refractivity contribution in [2.24, 2.45) is 5.92 Å². The standard InChI is InChI=1S/C62H105N8O28P/c1-35(74)67-48-54(82)51(79)44(32-71)95-59(48)92-24-21-89-18-15-63-29-41(77)30-70(31-47(78)64-16-19-90-22-25-93-60-49(68-36(2)75)55(83)52(80)45(33-72)96-60)43(58(86)65-17-20-91-23-26-94-61-50(69-37(3)76)56(84)53(81)46(34-73)97-61)27-38-7-9-39(10-8-38)28-66-57(85)40-11-13-42(14-12-40)98-99(87,88)62(4,5)6/h7-10,40,42-46,48-56,59-61,63,71-73,79-84H,11-34H2,1-6H3,(H,64,78)(H,65,86)(H,66,85)(H,67,74)(H,68,75)(H,69,76)(H,87,88). The molecule has 3 saturated heterocycles. The quantitative estimate of drug-likeness (QED) is 0.0214. The molecular formula is C62H105N8O28P. The lowest BCUT2D eigenvalue weighted by Gasteiger charge is -2.42. The number of aliphatic hydroxyl groups excluding tert-OH is 9. The number of amides is 6. The van der Waals surface area contributed by atoms with Gasteiger partial charge in [0.25, 0.3) is 0 Å². The molecule has 1 aliphatic carbocycles. The molecule has 4 fully saturated rings. The van der Waals surface area contributed by atoms with Gasteiger partial charge in [0.15, 0.2) is 24.7 Å². The van der Waals surface area contributed by atoms with E-state index in [1.165, 1.54) is 25.7 Å². The van der Waals surface area contributed by atoms with Gasteiger partial charge in [-0.1, -0.05) is 24.3 Å². The molecule has 0 spiro atoms. The number of rotatable bonds is 42. The van der Waals surface area contributed by atoms with Crippen molar-refractivity contribution in [2.75, 3.05) is 119 Å². The Bertz CT molecular complexity index is 2700. The van der Waals surface area contributed by atoms with Crippen LogP contribution in [0.5, 0.6) is 0 Å². The lowest BCUT2D eigenvalue weighted by Crippen LogP contribution is -2.64. The summed E-state index contributed by atoms with van der Waals surface area (Å²) in [7, 11) is -3.90. The summed E-state index contributed by atoms with van der Waals surface area (Å²) >= 11 is 0. The molecule has 1 saturated carbocycles. The largest absolute Gasteiger partial charge is 0.394 e. The number of aliphatic hydroxyl groups is 9. The number of ketones is 1. The van der Waals surface area contributed by atoms with Crippen LogP contribution >= 0.6 is 7.60 Å². The van der Waals surface area contributed by atoms with Gasteiger partial charge in [0.05, 0.1) is 116 Å². The summed E-state index contributed by atoms with van der Waals surface area (Å²) in [5, 5.41) is 110. The Morgan fingerprint density at radius 1 is 0.556 bits per heavy atom. The minimum Gasteiger partial charge on any atom is -0.394 e. The number of carbonyl (C=O) groups is 7. The molecular weight excluding hydrogens is 1340 g/mol. The van der Waals surface area contributed by atoms with Gasteiger partial charge in [-0.3, -0.25) is 43.0 Å². The first-order valence-corrected chi connectivity index (χ1v) is 34.7. The average molecular weight is 1440 g/mol. The first kappa shape index (κ1) is 84.7. The molecule has 0 radical (unpaired) electrons. The first-order chi connectivity index (χ1) is 47.0. The molecule has 3 aliphatic heterocycles. The number of nitrogens with zero attached hydrogens (tertiary/aromatic N) is 1. The number of Topliss-reactive ketones (excluding diaryl/α,β-unsaturated/α-hetero) is 1. The van der Waals surface area contributed by atoms with E-state index in [0.29, 0.717) is 36.8 Å². The fourth-order valence-electron chi connectivity index (χ4n) is 11.1. The number of ether oxygens (including phenoxy) is 9. The molecule has 0 bridgehead atoms. The van der Waals surface area contributed by atoms with Crippen molar-refractivity contribution in [2.45, 2.75) is 189 Å². The number of hydrogen-bond acceptors (Lipinski definition) is 29. The van der Waals surface area contributed by atoms with Gasteiger partial charge in [-0.15, -0.1) is 0 Å². The Hall–Kier alpha value is -4.94. The Labute approximate surface area is 574 Å². The number of carbonyl (C=O) groups excluding carboxylic acids is 7. The lowest BCUT2D eigenvalue weighted by atomic mass is 9.87. The highest BCUT2D eigenvalue weighted by atomic mass is 31.2. The van der Waals surface area contributed by atoms with Crippen LogP contribution in [0.4, 0.5) is 0 Å². The van der Waals surface area contributed by atoms with Crippen molar-refractivity contribution in [1.29, 1.82) is 0 Å². The lowest BCUT2D eigenvalue weighted by molar-refractivity contribution is -0.272. The molecule has 17 atom stereocenters. The monoisotopic (exact) mass is 1440 g/mol. The van der Waals surface area contributed by atoms with Crippen molar-refractivity contribution >= 4 is 48.8 Å². The van der Waals surface area contributed by atoms with Crippen molar-refractivity contribution in [3.8, 4) is 0 Å². The highest BCUT2D eigenvalue weighted by Crippen LogP contribution is 2.57. The fraction of sp³-hybridized carbons (Fsp3) is 0.790. The van der Waals surface area contributed by atoms with E-state index in [1.807, 2.05) is 0 Å². The van der Waals surface area contributed by atoms with Gasteiger partial charge >= 0.3 is 7.60 Å². The summed E-state index contributed by atoms with van der Waals surface area (Å²) in [6, 6.07) is 2.22. The zero-order valence-electron chi connectivity index (χ0n) is 56.9. The van der Waals surface area contributed by atoms with Crippen molar-refractivity contribution in [1.82, 2.24) is 42.1 Å². The van der Waals surface area contributed by atoms with Gasteiger partial charge in [-0.05, 0) is 64.0 Å². The van der Waals surface area contributed by atoms with Gasteiger partial charge < -0.3 is 135 Å². The Kier molecular flexibility index (Phi) is 36.5. The highest BCUT2D eigenvalue weighted by Gasteiger charge is 2.48. The Morgan fingerprint density at radius 3 is 1.38 bits per heavy atom. The molecule has 6 amide bonds. The summed E-state index contributed by atoms with van der Waals surface area (Å²) < 4.78 is 69.3. The van der Waals surface area contributed by atoms with Crippen LogP contribution in [-0.2, 0) is 98.2 Å². The summed E-state index contributed by atoms with van der Waals surface area (Å²) in [5.41, 5.74) is 1.30. The summed E-state index contributed by atoms with van der Waals surface area (Å²) in [6.45, 7) is 4.68. The van der Waals surface area contributed by atoms with Crippen LogP contribution in [0.25, 0.3) is 0 Å². The molecule has 1 aromatic carbocycles. The Morgan fingerprint density at radius 2 is 0.970 bits per heavy atom. The number of hydrogen-bond donors (Lipinski definition) is 17. The highest BCUT2D eigenvalue weighted by molar-refractivity contribution is 7.54. The predicted molar refractivity (Wildman–Crippen MR) is 344 cm³/mol. The van der Waals surface area contributed by atoms with Crippen molar-refractivity contribution in [3.63, 3.8) is 0 Å². The zero-order chi connectivity index (χ0) is 73.0. The van der Waals surface area contributed by atoms with Crippen LogP contribution in [0.1, 0.15) is 78.4 Å². The molecule has 37 heteroatoms. The van der Waals surface area contributed by atoms with E-state index in [4.69, 9.17) is 47.2 Å². The van der Waals surface area contributed by atoms with E-state index in [2.05, 4.69) is 37.2 Å². The third kappa shape index (κ3) is 27.6. The normalized spacial score (nSPS) is 29.0. The van der Waals surface area contributed by atoms with Crippen molar-refractivity contribution < 1.29 is 136 Å². The van der Waals surface area contributed by atoms with E-state index < -0.39 is 185 Å². The summed E-state index contributed by atoms with van der Waals surface area (Å²) in [5.74, 6) is -3.85. The second-order valence-corrected chi connectivity index (χ2v) is 28.1. The van der Waals surface area contributed by atoms with Crippen LogP contribution in [0.2, 0.25) is 0 Å². The maximum absolute atomic E-state index is 14.6. The van der Waals surface area contributed by atoms with E-state index in [0.717, 1.165) is 0 Å². The van der Waals surface area contributed by atoms with E-state index >= 15 is 0 Å². The minimum absolute atomic E-state index is 0.0252. The van der Waals surface area contributed by atoms with Crippen LogP contribution in [-0.4, -0.2) is 325 Å². The van der Waals surface area contributed by atoms with E-state index in [9.17, 15) is 89.0 Å². The minimum atomic E-state index is -3.90. The summed E-state index contributed by atoms with van der Waals surface area (Å²) in [6.07, 6.45) is -15.3. The molecule has 5 rings (SSSR count). The van der Waals surface area contributed by atoms with Crippen LogP contribution < -0.4 is 37.2 Å². The first-order valence-electron chi connectivity index (χ1n) is 33.1. The SMILES string of the molecule is CC(=O)NC1C(OCCOCCNCC(=O)CN(CC(=O)NCCOCCOC2OC(CO)C(O)C(O)C2NC(C)=O)C(Cc2ccc(CNC(=O)C3CCC(OP(=O)(O)C(C)(C)C)CC3)cc2)C(=O)NCCOCCOC2OC(CO)C(O)C(O)C2NC(C)=O)OC(CO)C(O)C1O.